The molecular formula is C14H17N3O. The Balaban J connectivity index is 2.28. The summed E-state index contributed by atoms with van der Waals surface area (Å²) >= 11 is 0. The maximum atomic E-state index is 12.2. The Labute approximate surface area is 106 Å². The van der Waals surface area contributed by atoms with Crippen LogP contribution in [0.1, 0.15) is 23.7 Å². The second-order valence-electron chi connectivity index (χ2n) is 4.33. The van der Waals surface area contributed by atoms with Crippen LogP contribution < -0.4 is 11.1 Å². The number of hydrogen-bond acceptors (Lipinski definition) is 3. The van der Waals surface area contributed by atoms with Crippen molar-refractivity contribution in [1.82, 2.24) is 10.3 Å². The van der Waals surface area contributed by atoms with E-state index in [0.29, 0.717) is 12.1 Å². The van der Waals surface area contributed by atoms with Gasteiger partial charge in [0.05, 0.1) is 11.1 Å². The molecule has 1 aromatic heterocycles. The average molecular weight is 243 g/mol. The molecule has 0 saturated carbocycles. The summed E-state index contributed by atoms with van der Waals surface area (Å²) in [5.41, 5.74) is 6.81. The third-order valence-corrected chi connectivity index (χ3v) is 2.85. The van der Waals surface area contributed by atoms with Gasteiger partial charge in [0.1, 0.15) is 0 Å². The van der Waals surface area contributed by atoms with E-state index in [9.17, 15) is 4.79 Å². The molecule has 94 valence electrons. The number of aromatic nitrogens is 1. The Morgan fingerprint density at radius 1 is 1.39 bits per heavy atom. The first-order valence-electron chi connectivity index (χ1n) is 6.07. The molecule has 18 heavy (non-hydrogen) atoms. The van der Waals surface area contributed by atoms with Gasteiger partial charge in [-0.3, -0.25) is 9.78 Å². The Bertz CT molecular complexity index is 548. The fourth-order valence-corrected chi connectivity index (χ4v) is 1.91. The number of nitrogens with zero attached hydrogens (tertiary/aromatic N) is 1. The highest BCUT2D eigenvalue weighted by molar-refractivity contribution is 6.05. The lowest BCUT2D eigenvalue weighted by Crippen LogP contribution is -2.34. The summed E-state index contributed by atoms with van der Waals surface area (Å²) in [6, 6.07) is 9.49. The quantitative estimate of drug-likeness (QED) is 0.858. The molecule has 0 spiro atoms. The maximum Gasteiger partial charge on any atom is 0.253 e. The predicted octanol–water partition coefficient (Wildman–Crippen LogP) is 1.70. The molecule has 1 aromatic carbocycles. The fraction of sp³-hybridized carbons (Fsp3) is 0.286. The van der Waals surface area contributed by atoms with Gasteiger partial charge in [-0.2, -0.15) is 0 Å². The first-order chi connectivity index (χ1) is 8.72. The van der Waals surface area contributed by atoms with Gasteiger partial charge in [0, 0.05) is 17.6 Å². The Kier molecular flexibility index (Phi) is 3.89. The van der Waals surface area contributed by atoms with Crippen LogP contribution in [-0.2, 0) is 0 Å². The van der Waals surface area contributed by atoms with Crippen molar-refractivity contribution in [3.63, 3.8) is 0 Å². The SMILES string of the molecule is CC(CCN)NC(=O)c1cccc2cccnc12. The molecule has 0 aliphatic rings. The summed E-state index contributed by atoms with van der Waals surface area (Å²) in [5, 5.41) is 3.90. The molecule has 0 saturated heterocycles. The minimum atomic E-state index is -0.0970. The van der Waals surface area contributed by atoms with Crippen LogP contribution in [0.3, 0.4) is 0 Å². The average Bonchev–Trinajstić information content (AvgIpc) is 2.38. The molecule has 0 radical (unpaired) electrons. The highest BCUT2D eigenvalue weighted by Gasteiger charge is 2.12. The van der Waals surface area contributed by atoms with Crippen molar-refractivity contribution in [2.24, 2.45) is 5.73 Å². The number of carbonyl (C=O) groups is 1. The number of pyridine rings is 1. The molecule has 0 aliphatic carbocycles. The molecule has 0 bridgehead atoms. The lowest BCUT2D eigenvalue weighted by atomic mass is 10.1. The van der Waals surface area contributed by atoms with Crippen molar-refractivity contribution >= 4 is 16.8 Å². The molecule has 1 amide bonds. The van der Waals surface area contributed by atoms with Gasteiger partial charge in [-0.15, -0.1) is 0 Å². The molecule has 2 aromatic rings. The molecular weight excluding hydrogens is 226 g/mol. The molecule has 2 rings (SSSR count). The molecule has 3 N–H and O–H groups in total. The van der Waals surface area contributed by atoms with Crippen LogP contribution in [0.5, 0.6) is 0 Å². The number of nitrogens with one attached hydrogen (secondary N) is 1. The van der Waals surface area contributed by atoms with Gasteiger partial charge in [0.15, 0.2) is 0 Å². The first kappa shape index (κ1) is 12.5. The molecule has 1 heterocycles. The van der Waals surface area contributed by atoms with Crippen LogP contribution in [0.2, 0.25) is 0 Å². The van der Waals surface area contributed by atoms with E-state index in [2.05, 4.69) is 10.3 Å². The van der Waals surface area contributed by atoms with Crippen molar-refractivity contribution in [2.75, 3.05) is 6.54 Å². The van der Waals surface area contributed by atoms with Crippen LogP contribution >= 0.6 is 0 Å². The van der Waals surface area contributed by atoms with Crippen LogP contribution in [-0.4, -0.2) is 23.5 Å². The molecule has 4 nitrogen and oxygen atoms in total. The van der Waals surface area contributed by atoms with E-state index in [1.165, 1.54) is 0 Å². The highest BCUT2D eigenvalue weighted by Crippen LogP contribution is 2.15. The zero-order valence-corrected chi connectivity index (χ0v) is 10.4. The lowest BCUT2D eigenvalue weighted by Gasteiger charge is -2.13. The fourth-order valence-electron chi connectivity index (χ4n) is 1.91. The number of rotatable bonds is 4. The van der Waals surface area contributed by atoms with E-state index in [-0.39, 0.29) is 11.9 Å². The summed E-state index contributed by atoms with van der Waals surface area (Å²) in [4.78, 5) is 16.4. The number of carbonyl (C=O) groups excluding carboxylic acids is 1. The Hall–Kier alpha value is -1.94. The number of fused-ring (bicyclic) bond motifs is 1. The van der Waals surface area contributed by atoms with E-state index < -0.39 is 0 Å². The predicted molar refractivity (Wildman–Crippen MR) is 72.3 cm³/mol. The second-order valence-corrected chi connectivity index (χ2v) is 4.33. The van der Waals surface area contributed by atoms with Crippen LogP contribution in [0, 0.1) is 0 Å². The van der Waals surface area contributed by atoms with Crippen LogP contribution in [0.4, 0.5) is 0 Å². The Morgan fingerprint density at radius 2 is 2.17 bits per heavy atom. The van der Waals surface area contributed by atoms with Crippen molar-refractivity contribution in [3.05, 3.63) is 42.1 Å². The van der Waals surface area contributed by atoms with Gasteiger partial charge >= 0.3 is 0 Å². The van der Waals surface area contributed by atoms with Crippen LogP contribution in [0.25, 0.3) is 10.9 Å². The highest BCUT2D eigenvalue weighted by atomic mass is 16.1. The number of amides is 1. The zero-order chi connectivity index (χ0) is 13.0. The molecule has 4 heteroatoms. The summed E-state index contributed by atoms with van der Waals surface area (Å²) in [6.07, 6.45) is 2.46. The van der Waals surface area contributed by atoms with E-state index in [1.807, 2.05) is 31.2 Å². The molecule has 1 atom stereocenters. The lowest BCUT2D eigenvalue weighted by molar-refractivity contribution is 0.0940. The minimum Gasteiger partial charge on any atom is -0.349 e. The van der Waals surface area contributed by atoms with E-state index >= 15 is 0 Å². The topological polar surface area (TPSA) is 68.0 Å². The van der Waals surface area contributed by atoms with E-state index in [0.717, 1.165) is 17.3 Å². The van der Waals surface area contributed by atoms with Gasteiger partial charge in [0.2, 0.25) is 0 Å². The summed E-state index contributed by atoms with van der Waals surface area (Å²) in [6.45, 7) is 2.51. The molecule has 0 aliphatic heterocycles. The third kappa shape index (κ3) is 2.65. The van der Waals surface area contributed by atoms with Crippen molar-refractivity contribution in [1.29, 1.82) is 0 Å². The first-order valence-corrected chi connectivity index (χ1v) is 6.07. The van der Waals surface area contributed by atoms with Gasteiger partial charge < -0.3 is 11.1 Å². The van der Waals surface area contributed by atoms with Crippen molar-refractivity contribution < 1.29 is 4.79 Å². The molecule has 0 fully saturated rings. The van der Waals surface area contributed by atoms with Crippen molar-refractivity contribution in [2.45, 2.75) is 19.4 Å². The summed E-state index contributed by atoms with van der Waals surface area (Å²) in [5.74, 6) is -0.0970. The second kappa shape index (κ2) is 5.60. The van der Waals surface area contributed by atoms with Crippen LogP contribution in [0.15, 0.2) is 36.5 Å². The van der Waals surface area contributed by atoms with Gasteiger partial charge in [-0.1, -0.05) is 18.2 Å². The minimum absolute atomic E-state index is 0.0708. The van der Waals surface area contributed by atoms with Gasteiger partial charge in [-0.25, -0.2) is 0 Å². The van der Waals surface area contributed by atoms with E-state index in [1.54, 1.807) is 12.3 Å². The van der Waals surface area contributed by atoms with Gasteiger partial charge in [-0.05, 0) is 32.0 Å². The number of para-hydroxylation sites is 1. The molecule has 1 unspecified atom stereocenters. The zero-order valence-electron chi connectivity index (χ0n) is 10.4. The summed E-state index contributed by atoms with van der Waals surface area (Å²) in [7, 11) is 0. The standard InChI is InChI=1S/C14H17N3O/c1-10(7-8-15)17-14(18)12-6-2-4-11-5-3-9-16-13(11)12/h2-6,9-10H,7-8,15H2,1H3,(H,17,18). The largest absolute Gasteiger partial charge is 0.349 e. The van der Waals surface area contributed by atoms with E-state index in [4.69, 9.17) is 5.73 Å². The number of nitrogens with two attached hydrogens (primary N) is 1. The maximum absolute atomic E-state index is 12.2. The van der Waals surface area contributed by atoms with Crippen molar-refractivity contribution in [3.8, 4) is 0 Å². The normalized spacial score (nSPS) is 12.3. The number of hydrogen-bond donors (Lipinski definition) is 2. The summed E-state index contributed by atoms with van der Waals surface area (Å²) < 4.78 is 0. The third-order valence-electron chi connectivity index (χ3n) is 2.85. The Morgan fingerprint density at radius 3 is 2.94 bits per heavy atom. The number of benzene rings is 1. The smallest absolute Gasteiger partial charge is 0.253 e. The van der Waals surface area contributed by atoms with Gasteiger partial charge in [0.25, 0.3) is 5.91 Å². The monoisotopic (exact) mass is 243 g/mol.